The first-order valence-electron chi connectivity index (χ1n) is 7.04. The fourth-order valence-corrected chi connectivity index (χ4v) is 2.57. The smallest absolute Gasteiger partial charge is 0.403 e. The van der Waals surface area contributed by atoms with Crippen molar-refractivity contribution in [2.24, 2.45) is 0 Å². The van der Waals surface area contributed by atoms with Gasteiger partial charge in [0.05, 0.1) is 6.54 Å². The summed E-state index contributed by atoms with van der Waals surface area (Å²) >= 11 is 0. The summed E-state index contributed by atoms with van der Waals surface area (Å²) < 4.78 is 56.3. The average molecular weight is 331 g/mol. The Balaban J connectivity index is 1.83. The normalized spacial score (nSPS) is 14.6. The summed E-state index contributed by atoms with van der Waals surface area (Å²) in [7, 11) is 0. The van der Waals surface area contributed by atoms with Crippen molar-refractivity contribution in [2.75, 3.05) is 0 Å². The quantitative estimate of drug-likeness (QED) is 0.812. The largest absolute Gasteiger partial charge is 0.573 e. The maximum atomic E-state index is 13.7. The van der Waals surface area contributed by atoms with Gasteiger partial charge in [-0.3, -0.25) is 4.57 Å². The molecule has 0 fully saturated rings. The van der Waals surface area contributed by atoms with Gasteiger partial charge in [-0.05, 0) is 30.5 Å². The number of aryl methyl sites for hydroxylation is 1. The van der Waals surface area contributed by atoms with Crippen molar-refractivity contribution >= 4 is 0 Å². The highest BCUT2D eigenvalue weighted by Crippen LogP contribution is 2.26. The number of halogens is 4. The molecule has 0 spiro atoms. The fourth-order valence-electron chi connectivity index (χ4n) is 2.57. The molecule has 0 radical (unpaired) electrons. The standard InChI is InChI=1S/C14H13F4N3O2/c15-10-7-9(4-5-11(10)23-14(16,17)18)8-21-13(22)20-6-2-1-3-12(20)19-21/h4-5,7H,1-3,6,8H2. The molecule has 0 bridgehead atoms. The van der Waals surface area contributed by atoms with Gasteiger partial charge in [-0.2, -0.15) is 5.10 Å². The lowest BCUT2D eigenvalue weighted by atomic mass is 10.2. The van der Waals surface area contributed by atoms with Crippen LogP contribution in [0.4, 0.5) is 17.6 Å². The summed E-state index contributed by atoms with van der Waals surface area (Å²) in [5.74, 6) is -1.37. The second-order valence-electron chi connectivity index (χ2n) is 5.28. The molecule has 0 saturated carbocycles. The Morgan fingerprint density at radius 1 is 1.26 bits per heavy atom. The van der Waals surface area contributed by atoms with Crippen molar-refractivity contribution in [3.8, 4) is 5.75 Å². The molecule has 0 unspecified atom stereocenters. The van der Waals surface area contributed by atoms with Crippen LogP contribution in [0.15, 0.2) is 23.0 Å². The molecule has 1 aliphatic heterocycles. The minimum atomic E-state index is -4.96. The summed E-state index contributed by atoms with van der Waals surface area (Å²) in [6, 6.07) is 3.07. The summed E-state index contributed by atoms with van der Waals surface area (Å²) in [6.07, 6.45) is -2.40. The van der Waals surface area contributed by atoms with Crippen LogP contribution < -0.4 is 10.4 Å². The summed E-state index contributed by atoms with van der Waals surface area (Å²) in [4.78, 5) is 12.2. The number of alkyl halides is 3. The van der Waals surface area contributed by atoms with Crippen molar-refractivity contribution in [3.63, 3.8) is 0 Å². The van der Waals surface area contributed by atoms with Gasteiger partial charge >= 0.3 is 12.1 Å². The molecule has 0 saturated heterocycles. The van der Waals surface area contributed by atoms with Crippen LogP contribution in [-0.2, 0) is 19.5 Å². The zero-order valence-electron chi connectivity index (χ0n) is 11.9. The van der Waals surface area contributed by atoms with Gasteiger partial charge in [-0.15, -0.1) is 13.2 Å². The molecule has 2 heterocycles. The van der Waals surface area contributed by atoms with E-state index in [1.165, 1.54) is 10.7 Å². The molecule has 1 aromatic carbocycles. The first-order chi connectivity index (χ1) is 10.8. The highest BCUT2D eigenvalue weighted by Gasteiger charge is 2.32. The van der Waals surface area contributed by atoms with Gasteiger partial charge in [0.2, 0.25) is 0 Å². The van der Waals surface area contributed by atoms with Gasteiger partial charge in [-0.25, -0.2) is 13.9 Å². The predicted octanol–water partition coefficient (Wildman–Crippen LogP) is 2.47. The Morgan fingerprint density at radius 3 is 2.70 bits per heavy atom. The molecule has 3 rings (SSSR count). The number of aromatic nitrogens is 3. The Hall–Kier alpha value is -2.32. The first-order valence-corrected chi connectivity index (χ1v) is 7.04. The van der Waals surface area contributed by atoms with Crippen LogP contribution in [0.2, 0.25) is 0 Å². The molecule has 0 N–H and O–H groups in total. The molecule has 1 aliphatic rings. The van der Waals surface area contributed by atoms with E-state index in [-0.39, 0.29) is 12.2 Å². The Kier molecular flexibility index (Phi) is 3.87. The highest BCUT2D eigenvalue weighted by atomic mass is 19.4. The zero-order valence-corrected chi connectivity index (χ0v) is 11.9. The lowest BCUT2D eigenvalue weighted by Crippen LogP contribution is -2.27. The molecule has 0 aliphatic carbocycles. The Bertz CT molecular complexity index is 779. The van der Waals surface area contributed by atoms with Gasteiger partial charge in [0.25, 0.3) is 0 Å². The van der Waals surface area contributed by atoms with E-state index >= 15 is 0 Å². The molecular weight excluding hydrogens is 318 g/mol. The van der Waals surface area contributed by atoms with Crippen LogP contribution in [0.1, 0.15) is 24.2 Å². The number of hydrogen-bond donors (Lipinski definition) is 0. The molecule has 23 heavy (non-hydrogen) atoms. The van der Waals surface area contributed by atoms with Crippen LogP contribution >= 0.6 is 0 Å². The third kappa shape index (κ3) is 3.38. The second-order valence-corrected chi connectivity index (χ2v) is 5.28. The number of nitrogens with zero attached hydrogens (tertiary/aromatic N) is 3. The SMILES string of the molecule is O=c1n(Cc2ccc(OC(F)(F)F)c(F)c2)nc2n1CCCC2. The Labute approximate surface area is 128 Å². The van der Waals surface area contributed by atoms with Gasteiger partial charge in [0.15, 0.2) is 11.6 Å². The van der Waals surface area contributed by atoms with E-state index in [0.29, 0.717) is 24.4 Å². The lowest BCUT2D eigenvalue weighted by Gasteiger charge is -2.10. The fraction of sp³-hybridized carbons (Fsp3) is 0.429. The van der Waals surface area contributed by atoms with Crippen molar-refractivity contribution in [3.05, 3.63) is 45.9 Å². The predicted molar refractivity (Wildman–Crippen MR) is 71.6 cm³/mol. The van der Waals surface area contributed by atoms with Gasteiger partial charge in [0.1, 0.15) is 5.82 Å². The number of hydrogen-bond acceptors (Lipinski definition) is 3. The lowest BCUT2D eigenvalue weighted by molar-refractivity contribution is -0.275. The zero-order chi connectivity index (χ0) is 16.6. The van der Waals surface area contributed by atoms with Gasteiger partial charge < -0.3 is 4.74 Å². The third-order valence-corrected chi connectivity index (χ3v) is 3.59. The average Bonchev–Trinajstić information content (AvgIpc) is 2.78. The number of rotatable bonds is 3. The van der Waals surface area contributed by atoms with Gasteiger partial charge in [0, 0.05) is 13.0 Å². The van der Waals surface area contributed by atoms with Crippen molar-refractivity contribution in [1.29, 1.82) is 0 Å². The van der Waals surface area contributed by atoms with Crippen LogP contribution in [0.25, 0.3) is 0 Å². The molecule has 1 aromatic heterocycles. The number of ether oxygens (including phenoxy) is 1. The maximum Gasteiger partial charge on any atom is 0.573 e. The monoisotopic (exact) mass is 331 g/mol. The van der Waals surface area contributed by atoms with Crippen LogP contribution in [0.3, 0.4) is 0 Å². The van der Waals surface area contributed by atoms with Gasteiger partial charge in [-0.1, -0.05) is 6.07 Å². The minimum absolute atomic E-state index is 0.0119. The summed E-state index contributed by atoms with van der Waals surface area (Å²) in [6.45, 7) is 0.586. The van der Waals surface area contributed by atoms with E-state index < -0.39 is 17.9 Å². The molecule has 5 nitrogen and oxygen atoms in total. The van der Waals surface area contributed by atoms with E-state index in [4.69, 9.17) is 0 Å². The number of benzene rings is 1. The van der Waals surface area contributed by atoms with E-state index in [0.717, 1.165) is 25.0 Å². The second kappa shape index (κ2) is 5.71. The molecular formula is C14H13F4N3O2. The minimum Gasteiger partial charge on any atom is -0.403 e. The van der Waals surface area contributed by atoms with Crippen molar-refractivity contribution < 1.29 is 22.3 Å². The topological polar surface area (TPSA) is 49.1 Å². The van der Waals surface area contributed by atoms with E-state index in [1.54, 1.807) is 4.57 Å². The molecule has 124 valence electrons. The maximum absolute atomic E-state index is 13.7. The van der Waals surface area contributed by atoms with E-state index in [2.05, 4.69) is 9.84 Å². The van der Waals surface area contributed by atoms with Crippen LogP contribution in [0, 0.1) is 5.82 Å². The summed E-state index contributed by atoms with van der Waals surface area (Å²) in [5.41, 5.74) is 0.0327. The van der Waals surface area contributed by atoms with Crippen LogP contribution in [0.5, 0.6) is 5.75 Å². The molecule has 9 heteroatoms. The van der Waals surface area contributed by atoms with E-state index in [1.807, 2.05) is 0 Å². The molecule has 2 aromatic rings. The van der Waals surface area contributed by atoms with E-state index in [9.17, 15) is 22.4 Å². The molecule has 0 atom stereocenters. The Morgan fingerprint density at radius 2 is 2.04 bits per heavy atom. The van der Waals surface area contributed by atoms with Crippen molar-refractivity contribution in [2.45, 2.75) is 38.7 Å². The number of fused-ring (bicyclic) bond motifs is 1. The van der Waals surface area contributed by atoms with Crippen molar-refractivity contribution in [1.82, 2.24) is 14.3 Å². The summed E-state index contributed by atoms with van der Waals surface area (Å²) in [5, 5.41) is 4.19. The molecule has 0 amide bonds. The van der Waals surface area contributed by atoms with Crippen LogP contribution in [-0.4, -0.2) is 20.7 Å². The highest BCUT2D eigenvalue weighted by molar-refractivity contribution is 5.29. The third-order valence-electron chi connectivity index (χ3n) is 3.59. The first kappa shape index (κ1) is 15.6.